The first-order valence-electron chi connectivity index (χ1n) is 9.13. The molecule has 0 unspecified atom stereocenters. The summed E-state index contributed by atoms with van der Waals surface area (Å²) >= 11 is 0. The van der Waals surface area contributed by atoms with Crippen LogP contribution in [0.2, 0.25) is 0 Å². The maximum absolute atomic E-state index is 6.11. The quantitative estimate of drug-likeness (QED) is 0.438. The van der Waals surface area contributed by atoms with Gasteiger partial charge in [-0.15, -0.1) is 0 Å². The number of hydrogen-bond donors (Lipinski definition) is 0. The Morgan fingerprint density at radius 3 is 2.26 bits per heavy atom. The number of aromatic nitrogens is 3. The number of anilines is 3. The SMILES string of the molecule is Cc1ccnc2c1Oc1cnncc1N2c1c(C)cc(C(C)(C)C)cc1C. The van der Waals surface area contributed by atoms with Crippen molar-refractivity contribution >= 4 is 17.2 Å². The van der Waals surface area contributed by atoms with Gasteiger partial charge in [0.25, 0.3) is 0 Å². The van der Waals surface area contributed by atoms with Crippen molar-refractivity contribution in [2.75, 3.05) is 4.90 Å². The number of hydrogen-bond acceptors (Lipinski definition) is 5. The molecule has 0 amide bonds. The van der Waals surface area contributed by atoms with Crippen LogP contribution in [-0.4, -0.2) is 15.2 Å². The highest BCUT2D eigenvalue weighted by molar-refractivity contribution is 5.86. The van der Waals surface area contributed by atoms with Gasteiger partial charge >= 0.3 is 0 Å². The lowest BCUT2D eigenvalue weighted by Gasteiger charge is -2.34. The third-order valence-electron chi connectivity index (χ3n) is 5.00. The third kappa shape index (κ3) is 2.83. The fourth-order valence-electron chi connectivity index (χ4n) is 3.56. The van der Waals surface area contributed by atoms with E-state index in [1.165, 1.54) is 16.7 Å². The van der Waals surface area contributed by atoms with E-state index in [9.17, 15) is 0 Å². The molecule has 3 heterocycles. The molecule has 138 valence electrons. The first-order chi connectivity index (χ1) is 12.8. The summed E-state index contributed by atoms with van der Waals surface area (Å²) in [7, 11) is 0. The molecule has 0 N–H and O–H groups in total. The molecule has 1 aliphatic rings. The van der Waals surface area contributed by atoms with Gasteiger partial charge in [-0.25, -0.2) is 4.98 Å². The number of fused-ring (bicyclic) bond motifs is 2. The lowest BCUT2D eigenvalue weighted by molar-refractivity contribution is 0.466. The largest absolute Gasteiger partial charge is 0.449 e. The summed E-state index contributed by atoms with van der Waals surface area (Å²) in [5.74, 6) is 2.23. The summed E-state index contributed by atoms with van der Waals surface area (Å²) in [6.45, 7) is 13.0. The summed E-state index contributed by atoms with van der Waals surface area (Å²) in [5.41, 5.74) is 6.80. The molecule has 0 aliphatic carbocycles. The number of aryl methyl sites for hydroxylation is 3. The Morgan fingerprint density at radius 1 is 0.926 bits per heavy atom. The zero-order valence-electron chi connectivity index (χ0n) is 16.7. The van der Waals surface area contributed by atoms with E-state index >= 15 is 0 Å². The van der Waals surface area contributed by atoms with Gasteiger partial charge in [0.2, 0.25) is 0 Å². The first-order valence-corrected chi connectivity index (χ1v) is 9.13. The molecule has 2 aromatic heterocycles. The molecule has 0 saturated carbocycles. The van der Waals surface area contributed by atoms with Crippen molar-refractivity contribution in [2.24, 2.45) is 0 Å². The summed E-state index contributed by atoms with van der Waals surface area (Å²) in [6.07, 6.45) is 5.21. The number of rotatable bonds is 1. The highest BCUT2D eigenvalue weighted by Crippen LogP contribution is 2.51. The predicted octanol–water partition coefficient (Wildman–Crippen LogP) is 5.67. The van der Waals surface area contributed by atoms with Crippen molar-refractivity contribution in [1.82, 2.24) is 15.2 Å². The summed E-state index contributed by atoms with van der Waals surface area (Å²) in [5, 5.41) is 8.08. The van der Waals surface area contributed by atoms with Gasteiger partial charge in [-0.2, -0.15) is 10.2 Å². The molecule has 0 spiro atoms. The van der Waals surface area contributed by atoms with Crippen LogP contribution in [0.3, 0.4) is 0 Å². The topological polar surface area (TPSA) is 51.1 Å². The van der Waals surface area contributed by atoms with Gasteiger partial charge in [0, 0.05) is 6.20 Å². The van der Waals surface area contributed by atoms with E-state index in [0.29, 0.717) is 5.75 Å². The minimum absolute atomic E-state index is 0.0924. The fraction of sp³-hybridized carbons (Fsp3) is 0.318. The van der Waals surface area contributed by atoms with E-state index in [4.69, 9.17) is 4.74 Å². The van der Waals surface area contributed by atoms with Crippen LogP contribution < -0.4 is 9.64 Å². The molecule has 5 heteroatoms. The van der Waals surface area contributed by atoms with E-state index < -0.39 is 0 Å². The monoisotopic (exact) mass is 360 g/mol. The molecule has 0 radical (unpaired) electrons. The van der Waals surface area contributed by atoms with Gasteiger partial charge in [-0.05, 0) is 54.5 Å². The molecule has 3 aromatic rings. The smallest absolute Gasteiger partial charge is 0.181 e. The summed E-state index contributed by atoms with van der Waals surface area (Å²) in [4.78, 5) is 6.79. The van der Waals surface area contributed by atoms with Crippen molar-refractivity contribution in [3.8, 4) is 11.5 Å². The van der Waals surface area contributed by atoms with E-state index in [-0.39, 0.29) is 5.41 Å². The van der Waals surface area contributed by atoms with Crippen molar-refractivity contribution in [3.63, 3.8) is 0 Å². The van der Waals surface area contributed by atoms with E-state index in [2.05, 4.69) is 66.8 Å². The Kier molecular flexibility index (Phi) is 3.91. The van der Waals surface area contributed by atoms with Crippen LogP contribution in [0, 0.1) is 20.8 Å². The van der Waals surface area contributed by atoms with Gasteiger partial charge in [0.1, 0.15) is 5.69 Å². The highest BCUT2D eigenvalue weighted by Gasteiger charge is 2.31. The standard InChI is InChI=1S/C22H24N4O/c1-13-7-8-23-21-20(13)27-18-12-25-24-11-17(18)26(21)19-14(2)9-16(10-15(19)3)22(4,5)6/h7-12H,1-6H3. The average molecular weight is 360 g/mol. The van der Waals surface area contributed by atoms with Crippen LogP contribution in [0.1, 0.15) is 43.0 Å². The number of benzene rings is 1. The van der Waals surface area contributed by atoms with E-state index in [1.807, 2.05) is 19.2 Å². The van der Waals surface area contributed by atoms with Gasteiger partial charge in [0.15, 0.2) is 17.3 Å². The molecular formula is C22H24N4O. The normalized spacial score (nSPS) is 13.0. The predicted molar refractivity (Wildman–Crippen MR) is 107 cm³/mol. The van der Waals surface area contributed by atoms with Crippen LogP contribution in [-0.2, 0) is 5.41 Å². The van der Waals surface area contributed by atoms with Crippen LogP contribution in [0.4, 0.5) is 17.2 Å². The first kappa shape index (κ1) is 17.5. The van der Waals surface area contributed by atoms with Crippen LogP contribution in [0.15, 0.2) is 36.8 Å². The Balaban J connectivity index is 1.99. The van der Waals surface area contributed by atoms with E-state index in [1.54, 1.807) is 12.4 Å². The zero-order valence-corrected chi connectivity index (χ0v) is 16.7. The summed E-state index contributed by atoms with van der Waals surface area (Å²) in [6, 6.07) is 6.49. The van der Waals surface area contributed by atoms with Crippen LogP contribution in [0.25, 0.3) is 0 Å². The number of nitrogens with zero attached hydrogens (tertiary/aromatic N) is 4. The molecule has 1 aromatic carbocycles. The number of ether oxygens (including phenoxy) is 1. The lowest BCUT2D eigenvalue weighted by Crippen LogP contribution is -2.21. The van der Waals surface area contributed by atoms with Crippen LogP contribution >= 0.6 is 0 Å². The average Bonchev–Trinajstić information content (AvgIpc) is 2.60. The van der Waals surface area contributed by atoms with Gasteiger partial charge in [-0.3, -0.25) is 4.90 Å². The van der Waals surface area contributed by atoms with Gasteiger partial charge < -0.3 is 4.74 Å². The molecule has 0 fully saturated rings. The lowest BCUT2D eigenvalue weighted by atomic mass is 9.84. The van der Waals surface area contributed by atoms with Crippen molar-refractivity contribution in [2.45, 2.75) is 47.0 Å². The second-order valence-electron chi connectivity index (χ2n) is 8.17. The zero-order chi connectivity index (χ0) is 19.3. The molecule has 5 nitrogen and oxygen atoms in total. The Morgan fingerprint density at radius 2 is 1.59 bits per heavy atom. The van der Waals surface area contributed by atoms with Crippen LogP contribution in [0.5, 0.6) is 11.5 Å². The van der Waals surface area contributed by atoms with Gasteiger partial charge in [-0.1, -0.05) is 32.9 Å². The molecule has 0 atom stereocenters. The molecular weight excluding hydrogens is 336 g/mol. The summed E-state index contributed by atoms with van der Waals surface area (Å²) < 4.78 is 6.11. The molecule has 1 aliphatic heterocycles. The van der Waals surface area contributed by atoms with Gasteiger partial charge in [0.05, 0.1) is 18.1 Å². The Labute approximate surface area is 160 Å². The highest BCUT2D eigenvalue weighted by atomic mass is 16.5. The fourth-order valence-corrected chi connectivity index (χ4v) is 3.56. The Bertz CT molecular complexity index is 1010. The third-order valence-corrected chi connectivity index (χ3v) is 5.00. The second-order valence-corrected chi connectivity index (χ2v) is 8.17. The minimum atomic E-state index is 0.0924. The minimum Gasteiger partial charge on any atom is -0.449 e. The number of pyridine rings is 1. The van der Waals surface area contributed by atoms with Crippen molar-refractivity contribution < 1.29 is 4.74 Å². The maximum atomic E-state index is 6.11. The maximum Gasteiger partial charge on any atom is 0.181 e. The second kappa shape index (κ2) is 6.05. The Hall–Kier alpha value is -2.95. The molecule has 27 heavy (non-hydrogen) atoms. The molecule has 0 saturated heterocycles. The van der Waals surface area contributed by atoms with E-state index in [0.717, 1.165) is 28.5 Å². The molecule has 0 bridgehead atoms. The van der Waals surface area contributed by atoms with Crippen molar-refractivity contribution in [3.05, 3.63) is 59.0 Å². The van der Waals surface area contributed by atoms with Crippen molar-refractivity contribution in [1.29, 1.82) is 0 Å². The molecule has 4 rings (SSSR count).